The van der Waals surface area contributed by atoms with Crippen molar-refractivity contribution < 1.29 is 9.09 Å². The summed E-state index contributed by atoms with van der Waals surface area (Å²) in [4.78, 5) is 0. The van der Waals surface area contributed by atoms with Gasteiger partial charge < -0.3 is 10.3 Å². The molecule has 1 atom stereocenters. The minimum atomic E-state index is -3.27. The number of hydrogen-bond acceptors (Lipinski definition) is 3. The van der Waals surface area contributed by atoms with Crippen LogP contribution in [0, 0.1) is 0 Å². The fraction of sp³-hybridized carbons (Fsp3) is 0.0400. The zero-order valence-corrected chi connectivity index (χ0v) is 16.8. The third-order valence-electron chi connectivity index (χ3n) is 4.82. The van der Waals surface area contributed by atoms with E-state index < -0.39 is 7.37 Å². The summed E-state index contributed by atoms with van der Waals surface area (Å²) < 4.78 is 20.1. The molecule has 0 saturated heterocycles. The molecule has 0 aliphatic heterocycles. The first-order valence-electron chi connectivity index (χ1n) is 9.48. The Morgan fingerprint density at radius 3 is 1.48 bits per heavy atom. The average Bonchev–Trinajstić information content (AvgIpc) is 2.81. The molecule has 0 aromatic heterocycles. The standard InChI is InChI=1S/C25H22NO2P/c26-25(20-10-4-1-5-11-20)21-16-18-22(19-17-21)28-29(27,23-12-6-2-7-13-23)24-14-8-3-9-15-24/h1-19,25H,26H2. The smallest absolute Gasteiger partial charge is 0.306 e. The van der Waals surface area contributed by atoms with Gasteiger partial charge in [0.25, 0.3) is 0 Å². The molecule has 0 radical (unpaired) electrons. The van der Waals surface area contributed by atoms with Crippen LogP contribution in [0.5, 0.6) is 5.75 Å². The Kier molecular flexibility index (Phi) is 5.62. The van der Waals surface area contributed by atoms with Gasteiger partial charge in [-0.1, -0.05) is 78.9 Å². The highest BCUT2D eigenvalue weighted by atomic mass is 31.2. The summed E-state index contributed by atoms with van der Waals surface area (Å²) in [6.45, 7) is 0. The molecule has 3 nitrogen and oxygen atoms in total. The minimum Gasteiger partial charge on any atom is -0.437 e. The summed E-state index contributed by atoms with van der Waals surface area (Å²) in [7, 11) is -3.27. The topological polar surface area (TPSA) is 52.3 Å². The Bertz CT molecular complexity index is 1050. The zero-order chi connectivity index (χ0) is 20.1. The molecular weight excluding hydrogens is 377 g/mol. The van der Waals surface area contributed by atoms with Crippen LogP contribution >= 0.6 is 7.37 Å². The van der Waals surface area contributed by atoms with E-state index >= 15 is 0 Å². The van der Waals surface area contributed by atoms with Gasteiger partial charge in [0.05, 0.1) is 16.7 Å². The summed E-state index contributed by atoms with van der Waals surface area (Å²) in [5.41, 5.74) is 8.39. The maximum Gasteiger partial charge on any atom is 0.306 e. The molecule has 0 bridgehead atoms. The number of nitrogens with two attached hydrogens (primary N) is 1. The molecule has 144 valence electrons. The van der Waals surface area contributed by atoms with Crippen LogP contribution in [-0.4, -0.2) is 0 Å². The second-order valence-electron chi connectivity index (χ2n) is 6.77. The highest BCUT2D eigenvalue weighted by Gasteiger charge is 2.30. The fourth-order valence-electron chi connectivity index (χ4n) is 3.24. The Hall–Kier alpha value is -3.13. The van der Waals surface area contributed by atoms with Crippen molar-refractivity contribution in [2.45, 2.75) is 6.04 Å². The van der Waals surface area contributed by atoms with Gasteiger partial charge >= 0.3 is 7.37 Å². The van der Waals surface area contributed by atoms with Crippen molar-refractivity contribution in [2.24, 2.45) is 5.73 Å². The Balaban J connectivity index is 1.64. The second-order valence-corrected chi connectivity index (χ2v) is 9.09. The zero-order valence-electron chi connectivity index (χ0n) is 15.9. The predicted molar refractivity (Wildman–Crippen MR) is 119 cm³/mol. The van der Waals surface area contributed by atoms with Crippen LogP contribution in [-0.2, 0) is 4.57 Å². The van der Waals surface area contributed by atoms with Crippen molar-refractivity contribution in [3.8, 4) is 5.75 Å². The maximum atomic E-state index is 14.0. The summed E-state index contributed by atoms with van der Waals surface area (Å²) in [5.74, 6) is 0.546. The van der Waals surface area contributed by atoms with Gasteiger partial charge in [0, 0.05) is 0 Å². The number of benzene rings is 4. The van der Waals surface area contributed by atoms with Crippen LogP contribution in [0.1, 0.15) is 17.2 Å². The molecule has 29 heavy (non-hydrogen) atoms. The largest absolute Gasteiger partial charge is 0.437 e. The maximum absolute atomic E-state index is 14.0. The third kappa shape index (κ3) is 4.17. The Labute approximate surface area is 171 Å². The van der Waals surface area contributed by atoms with Crippen molar-refractivity contribution >= 4 is 18.0 Å². The first-order valence-corrected chi connectivity index (χ1v) is 11.1. The monoisotopic (exact) mass is 399 g/mol. The van der Waals surface area contributed by atoms with E-state index in [1.807, 2.05) is 115 Å². The number of hydrogen-bond donors (Lipinski definition) is 1. The summed E-state index contributed by atoms with van der Waals surface area (Å²) in [6.07, 6.45) is 0. The molecule has 4 aromatic carbocycles. The Morgan fingerprint density at radius 2 is 1.00 bits per heavy atom. The van der Waals surface area contributed by atoms with Gasteiger partial charge in [0.2, 0.25) is 0 Å². The van der Waals surface area contributed by atoms with Gasteiger partial charge in [0.1, 0.15) is 5.75 Å². The molecule has 0 spiro atoms. The van der Waals surface area contributed by atoms with E-state index in [1.54, 1.807) is 0 Å². The fourth-order valence-corrected chi connectivity index (χ4v) is 5.30. The molecule has 2 N–H and O–H groups in total. The second kappa shape index (κ2) is 8.48. The lowest BCUT2D eigenvalue weighted by Gasteiger charge is -2.21. The van der Waals surface area contributed by atoms with Crippen LogP contribution < -0.4 is 20.9 Å². The molecule has 0 heterocycles. The van der Waals surface area contributed by atoms with Crippen LogP contribution in [0.25, 0.3) is 0 Å². The molecule has 0 saturated carbocycles. The minimum absolute atomic E-state index is 0.222. The first kappa shape index (κ1) is 19.2. The highest BCUT2D eigenvalue weighted by molar-refractivity contribution is 7.74. The lowest BCUT2D eigenvalue weighted by molar-refractivity contribution is 0.502. The van der Waals surface area contributed by atoms with E-state index in [-0.39, 0.29) is 6.04 Å². The van der Waals surface area contributed by atoms with Crippen molar-refractivity contribution in [1.29, 1.82) is 0 Å². The van der Waals surface area contributed by atoms with Crippen LogP contribution in [0.3, 0.4) is 0 Å². The highest BCUT2D eigenvalue weighted by Crippen LogP contribution is 2.45. The van der Waals surface area contributed by atoms with Gasteiger partial charge in [-0.2, -0.15) is 0 Å². The van der Waals surface area contributed by atoms with Crippen LogP contribution in [0.15, 0.2) is 115 Å². The Morgan fingerprint density at radius 1 is 0.586 bits per heavy atom. The van der Waals surface area contributed by atoms with Crippen molar-refractivity contribution in [3.05, 3.63) is 126 Å². The van der Waals surface area contributed by atoms with Gasteiger partial charge in [-0.15, -0.1) is 0 Å². The first-order chi connectivity index (χ1) is 14.2. The normalized spacial score (nSPS) is 12.3. The molecule has 4 aromatic rings. The molecular formula is C25H22NO2P. The van der Waals surface area contributed by atoms with E-state index in [2.05, 4.69) is 0 Å². The lowest BCUT2D eigenvalue weighted by atomic mass is 10.00. The van der Waals surface area contributed by atoms with Gasteiger partial charge in [-0.3, -0.25) is 4.57 Å². The SMILES string of the molecule is NC(c1ccccc1)c1ccc(OP(=O)(c2ccccc2)c2ccccc2)cc1. The summed E-state index contributed by atoms with van der Waals surface area (Å²) >= 11 is 0. The molecule has 0 aliphatic carbocycles. The summed E-state index contributed by atoms with van der Waals surface area (Å²) in [5, 5.41) is 1.33. The van der Waals surface area contributed by atoms with Crippen molar-refractivity contribution in [2.75, 3.05) is 0 Å². The van der Waals surface area contributed by atoms with Crippen LogP contribution in [0.4, 0.5) is 0 Å². The van der Waals surface area contributed by atoms with E-state index in [0.29, 0.717) is 16.4 Å². The van der Waals surface area contributed by atoms with E-state index in [9.17, 15) is 4.57 Å². The van der Waals surface area contributed by atoms with Gasteiger partial charge in [-0.25, -0.2) is 0 Å². The average molecular weight is 399 g/mol. The molecule has 1 unspecified atom stereocenters. The van der Waals surface area contributed by atoms with E-state index in [4.69, 9.17) is 10.3 Å². The summed E-state index contributed by atoms with van der Waals surface area (Å²) in [6, 6.07) is 35.9. The van der Waals surface area contributed by atoms with Crippen molar-refractivity contribution in [1.82, 2.24) is 0 Å². The van der Waals surface area contributed by atoms with Gasteiger partial charge in [0.15, 0.2) is 0 Å². The number of rotatable bonds is 6. The molecule has 4 heteroatoms. The predicted octanol–water partition coefficient (Wildman–Crippen LogP) is 5.04. The van der Waals surface area contributed by atoms with Crippen LogP contribution in [0.2, 0.25) is 0 Å². The molecule has 0 fully saturated rings. The third-order valence-corrected chi connectivity index (χ3v) is 7.25. The molecule has 0 amide bonds. The van der Waals surface area contributed by atoms with Crippen molar-refractivity contribution in [3.63, 3.8) is 0 Å². The molecule has 0 aliphatic rings. The molecule has 4 rings (SSSR count). The quantitative estimate of drug-likeness (QED) is 0.462. The van der Waals surface area contributed by atoms with E-state index in [1.165, 1.54) is 0 Å². The van der Waals surface area contributed by atoms with E-state index in [0.717, 1.165) is 11.1 Å². The lowest BCUT2D eigenvalue weighted by Crippen LogP contribution is -2.20. The van der Waals surface area contributed by atoms with Gasteiger partial charge in [-0.05, 0) is 47.5 Å².